The van der Waals surface area contributed by atoms with Gasteiger partial charge in [-0.05, 0) is 18.6 Å². The standard InChI is InChI=1S/C17H16N2O2/c1-3-5-8-11-18-17(21)14-12-19(16(20)4-2)15-10-7-6-9-13(14)15/h1,4,6-7,9-10,12H,2,5,8,11H2,(H,18,21). The number of hydrogen-bond acceptors (Lipinski definition) is 2. The molecule has 1 heterocycles. The molecule has 0 aliphatic heterocycles. The van der Waals surface area contributed by atoms with Gasteiger partial charge in [0.2, 0.25) is 0 Å². The predicted octanol–water partition coefficient (Wildman–Crippen LogP) is 2.61. The van der Waals surface area contributed by atoms with Crippen LogP contribution in [0.15, 0.2) is 43.1 Å². The van der Waals surface area contributed by atoms with E-state index in [1.165, 1.54) is 10.6 Å². The van der Waals surface area contributed by atoms with Crippen molar-refractivity contribution in [3.05, 3.63) is 48.7 Å². The topological polar surface area (TPSA) is 51.1 Å². The predicted molar refractivity (Wildman–Crippen MR) is 83.2 cm³/mol. The number of para-hydroxylation sites is 1. The lowest BCUT2D eigenvalue weighted by atomic mass is 10.1. The number of benzene rings is 1. The minimum absolute atomic E-state index is 0.209. The second-order valence-electron chi connectivity index (χ2n) is 4.54. The average molecular weight is 280 g/mol. The summed E-state index contributed by atoms with van der Waals surface area (Å²) in [5, 5.41) is 3.55. The molecule has 21 heavy (non-hydrogen) atoms. The van der Waals surface area contributed by atoms with Crippen LogP contribution in [0.2, 0.25) is 0 Å². The van der Waals surface area contributed by atoms with Gasteiger partial charge in [0.25, 0.3) is 11.8 Å². The molecule has 0 bridgehead atoms. The molecule has 2 rings (SSSR count). The fraction of sp³-hybridized carbons (Fsp3) is 0.176. The van der Waals surface area contributed by atoms with Gasteiger partial charge >= 0.3 is 0 Å². The third kappa shape index (κ3) is 3.03. The Balaban J connectivity index is 2.32. The number of nitrogens with zero attached hydrogens (tertiary/aromatic N) is 1. The Morgan fingerprint density at radius 1 is 1.38 bits per heavy atom. The van der Waals surface area contributed by atoms with Gasteiger partial charge in [0.15, 0.2) is 0 Å². The van der Waals surface area contributed by atoms with Gasteiger partial charge in [-0.3, -0.25) is 14.2 Å². The average Bonchev–Trinajstić information content (AvgIpc) is 2.90. The lowest BCUT2D eigenvalue weighted by Crippen LogP contribution is -2.24. The maximum atomic E-state index is 12.2. The molecule has 4 heteroatoms. The summed E-state index contributed by atoms with van der Waals surface area (Å²) in [5.41, 5.74) is 1.16. The lowest BCUT2D eigenvalue weighted by molar-refractivity contribution is 0.0955. The Morgan fingerprint density at radius 3 is 2.86 bits per heavy atom. The van der Waals surface area contributed by atoms with E-state index in [9.17, 15) is 9.59 Å². The molecule has 2 aromatic rings. The van der Waals surface area contributed by atoms with E-state index in [-0.39, 0.29) is 11.8 Å². The maximum Gasteiger partial charge on any atom is 0.254 e. The quantitative estimate of drug-likeness (QED) is 0.520. The number of hydrogen-bond donors (Lipinski definition) is 1. The van der Waals surface area contributed by atoms with Crippen LogP contribution in [0, 0.1) is 12.3 Å². The highest BCUT2D eigenvalue weighted by molar-refractivity contribution is 6.10. The number of fused-ring (bicyclic) bond motifs is 1. The molecule has 0 aliphatic carbocycles. The molecule has 0 saturated carbocycles. The number of allylic oxidation sites excluding steroid dienone is 1. The van der Waals surface area contributed by atoms with Crippen LogP contribution in [0.3, 0.4) is 0 Å². The van der Waals surface area contributed by atoms with Crippen molar-refractivity contribution >= 4 is 22.7 Å². The van der Waals surface area contributed by atoms with Crippen LogP contribution in [0.5, 0.6) is 0 Å². The summed E-state index contributed by atoms with van der Waals surface area (Å²) in [5.74, 6) is 2.05. The molecule has 0 spiro atoms. The van der Waals surface area contributed by atoms with Crippen LogP contribution >= 0.6 is 0 Å². The Bertz CT molecular complexity index is 735. The Hall–Kier alpha value is -2.80. The molecule has 1 aromatic carbocycles. The number of rotatable bonds is 5. The minimum atomic E-state index is -0.266. The van der Waals surface area contributed by atoms with E-state index in [0.29, 0.717) is 24.0 Å². The molecule has 0 atom stereocenters. The van der Waals surface area contributed by atoms with Crippen molar-refractivity contribution in [1.82, 2.24) is 9.88 Å². The van der Waals surface area contributed by atoms with Crippen LogP contribution in [0.25, 0.3) is 10.9 Å². The van der Waals surface area contributed by atoms with Crippen LogP contribution in [0.4, 0.5) is 0 Å². The summed E-state index contributed by atoms with van der Waals surface area (Å²) in [6, 6.07) is 7.27. The van der Waals surface area contributed by atoms with E-state index < -0.39 is 0 Å². The van der Waals surface area contributed by atoms with Crippen LogP contribution < -0.4 is 5.32 Å². The molecule has 0 unspecified atom stereocenters. The molecule has 1 N–H and O–H groups in total. The van der Waals surface area contributed by atoms with Gasteiger partial charge in [-0.1, -0.05) is 24.8 Å². The molecular formula is C17H16N2O2. The first-order valence-electron chi connectivity index (χ1n) is 6.67. The van der Waals surface area contributed by atoms with E-state index in [1.807, 2.05) is 18.2 Å². The normalized spacial score (nSPS) is 10.0. The number of amides is 1. The summed E-state index contributed by atoms with van der Waals surface area (Å²) >= 11 is 0. The van der Waals surface area contributed by atoms with Crippen molar-refractivity contribution in [3.63, 3.8) is 0 Å². The highest BCUT2D eigenvalue weighted by Crippen LogP contribution is 2.21. The van der Waals surface area contributed by atoms with Crippen molar-refractivity contribution in [2.75, 3.05) is 6.54 Å². The van der Waals surface area contributed by atoms with Gasteiger partial charge in [-0.25, -0.2) is 0 Å². The van der Waals surface area contributed by atoms with Crippen LogP contribution in [-0.2, 0) is 0 Å². The monoisotopic (exact) mass is 280 g/mol. The summed E-state index contributed by atoms with van der Waals surface area (Å²) in [6.07, 6.45) is 9.29. The Kier molecular flexibility index (Phi) is 4.57. The van der Waals surface area contributed by atoms with Gasteiger partial charge < -0.3 is 5.32 Å². The van der Waals surface area contributed by atoms with Gasteiger partial charge in [0, 0.05) is 24.5 Å². The molecular weight excluding hydrogens is 264 g/mol. The minimum Gasteiger partial charge on any atom is -0.352 e. The zero-order chi connectivity index (χ0) is 15.2. The molecule has 0 aliphatic rings. The maximum absolute atomic E-state index is 12.2. The molecule has 0 radical (unpaired) electrons. The van der Waals surface area contributed by atoms with Crippen LogP contribution in [-0.4, -0.2) is 22.9 Å². The number of carbonyl (C=O) groups excluding carboxylic acids is 2. The van der Waals surface area contributed by atoms with E-state index in [4.69, 9.17) is 6.42 Å². The lowest BCUT2D eigenvalue weighted by Gasteiger charge is -2.02. The molecule has 4 nitrogen and oxygen atoms in total. The van der Waals surface area contributed by atoms with Crippen molar-refractivity contribution < 1.29 is 9.59 Å². The van der Waals surface area contributed by atoms with Crippen molar-refractivity contribution in [1.29, 1.82) is 0 Å². The first kappa shape index (κ1) is 14.6. The number of aromatic nitrogens is 1. The van der Waals surface area contributed by atoms with Gasteiger partial charge in [-0.15, -0.1) is 12.3 Å². The molecule has 1 aromatic heterocycles. The number of terminal acetylenes is 1. The van der Waals surface area contributed by atoms with Crippen molar-refractivity contribution in [3.8, 4) is 12.3 Å². The summed E-state index contributed by atoms with van der Waals surface area (Å²) < 4.78 is 1.43. The van der Waals surface area contributed by atoms with E-state index in [0.717, 1.165) is 11.8 Å². The number of nitrogens with one attached hydrogen (secondary N) is 1. The first-order valence-corrected chi connectivity index (χ1v) is 6.67. The van der Waals surface area contributed by atoms with E-state index >= 15 is 0 Å². The first-order chi connectivity index (χ1) is 10.2. The molecule has 1 amide bonds. The molecule has 106 valence electrons. The second kappa shape index (κ2) is 6.58. The van der Waals surface area contributed by atoms with Gasteiger partial charge in [0.05, 0.1) is 11.1 Å². The fourth-order valence-electron chi connectivity index (χ4n) is 2.13. The molecule has 0 fully saturated rings. The van der Waals surface area contributed by atoms with Gasteiger partial charge in [0.1, 0.15) is 0 Å². The zero-order valence-electron chi connectivity index (χ0n) is 11.6. The van der Waals surface area contributed by atoms with E-state index in [1.54, 1.807) is 12.3 Å². The van der Waals surface area contributed by atoms with Gasteiger partial charge in [-0.2, -0.15) is 0 Å². The zero-order valence-corrected chi connectivity index (χ0v) is 11.6. The second-order valence-corrected chi connectivity index (χ2v) is 4.54. The smallest absolute Gasteiger partial charge is 0.254 e. The number of carbonyl (C=O) groups is 2. The highest BCUT2D eigenvalue weighted by atomic mass is 16.2. The Morgan fingerprint density at radius 2 is 2.14 bits per heavy atom. The number of unbranched alkanes of at least 4 members (excludes halogenated alkanes) is 1. The van der Waals surface area contributed by atoms with Crippen LogP contribution in [0.1, 0.15) is 28.0 Å². The largest absolute Gasteiger partial charge is 0.352 e. The third-order valence-electron chi connectivity index (χ3n) is 3.15. The Labute approximate surface area is 123 Å². The summed E-state index contributed by atoms with van der Waals surface area (Å²) in [7, 11) is 0. The third-order valence-corrected chi connectivity index (χ3v) is 3.15. The molecule has 0 saturated heterocycles. The summed E-state index contributed by atoms with van der Waals surface area (Å²) in [6.45, 7) is 3.99. The van der Waals surface area contributed by atoms with Crippen molar-refractivity contribution in [2.45, 2.75) is 12.8 Å². The fourth-order valence-corrected chi connectivity index (χ4v) is 2.13. The summed E-state index contributed by atoms with van der Waals surface area (Å²) in [4.78, 5) is 24.1. The highest BCUT2D eigenvalue weighted by Gasteiger charge is 2.16. The van der Waals surface area contributed by atoms with E-state index in [2.05, 4.69) is 17.8 Å². The SMILES string of the molecule is C#CCCCNC(=O)c1cn(C(=O)C=C)c2ccccc12. The van der Waals surface area contributed by atoms with Crippen molar-refractivity contribution in [2.24, 2.45) is 0 Å².